The average Bonchev–Trinajstić information content (AvgIpc) is 2.37. The first-order chi connectivity index (χ1) is 8.21. The number of ether oxygens (including phenoxy) is 2. The molecule has 17 heavy (non-hydrogen) atoms. The zero-order valence-electron chi connectivity index (χ0n) is 9.75. The van der Waals surface area contributed by atoms with E-state index in [9.17, 15) is 4.79 Å². The van der Waals surface area contributed by atoms with Crippen molar-refractivity contribution in [1.82, 2.24) is 0 Å². The first-order valence-corrected chi connectivity index (χ1v) is 6.09. The van der Waals surface area contributed by atoms with Crippen LogP contribution in [0.4, 0.5) is 0 Å². The van der Waals surface area contributed by atoms with E-state index < -0.39 is 0 Å². The van der Waals surface area contributed by atoms with Crippen LogP contribution >= 0.6 is 15.9 Å². The maximum Gasteiger partial charge on any atom is 0.161 e. The molecular formula is C13H13BrO3. The van der Waals surface area contributed by atoms with Crippen LogP contribution in [-0.4, -0.2) is 20.5 Å². The fraction of sp³-hybridized carbons (Fsp3) is 0.308. The molecule has 0 bridgehead atoms. The molecule has 0 spiro atoms. The van der Waals surface area contributed by atoms with Crippen LogP contribution in [0.15, 0.2) is 16.6 Å². The number of halogens is 1. The van der Waals surface area contributed by atoms with Crippen LogP contribution in [0, 0.1) is 0 Å². The van der Waals surface area contributed by atoms with E-state index in [-0.39, 0.29) is 0 Å². The summed E-state index contributed by atoms with van der Waals surface area (Å²) in [5, 5.41) is 0. The third-order valence-electron chi connectivity index (χ3n) is 2.92. The number of carbonyl (C=O) groups is 1. The third kappa shape index (κ3) is 2.09. The van der Waals surface area contributed by atoms with Gasteiger partial charge >= 0.3 is 0 Å². The molecule has 0 unspecified atom stereocenters. The monoisotopic (exact) mass is 296 g/mol. The van der Waals surface area contributed by atoms with E-state index in [1.54, 1.807) is 14.2 Å². The summed E-state index contributed by atoms with van der Waals surface area (Å²) in [5.41, 5.74) is 2.75. The molecule has 0 heterocycles. The van der Waals surface area contributed by atoms with Crippen LogP contribution in [0.5, 0.6) is 11.5 Å². The maximum atomic E-state index is 11.1. The highest BCUT2D eigenvalue weighted by Gasteiger charge is 2.20. The van der Waals surface area contributed by atoms with Gasteiger partial charge in [-0.25, -0.2) is 0 Å². The summed E-state index contributed by atoms with van der Waals surface area (Å²) in [7, 11) is 3.20. The highest BCUT2D eigenvalue weighted by molar-refractivity contribution is 9.11. The molecule has 0 aromatic heterocycles. The Morgan fingerprint density at radius 1 is 1.18 bits per heavy atom. The average molecular weight is 297 g/mol. The largest absolute Gasteiger partial charge is 0.493 e. The molecule has 1 aromatic carbocycles. The number of rotatable bonds is 3. The van der Waals surface area contributed by atoms with Gasteiger partial charge in [-0.2, -0.15) is 0 Å². The number of aldehydes is 1. The van der Waals surface area contributed by atoms with E-state index >= 15 is 0 Å². The number of allylic oxidation sites excluding steroid dienone is 2. The molecule has 0 fully saturated rings. The fourth-order valence-corrected chi connectivity index (χ4v) is 2.54. The van der Waals surface area contributed by atoms with Crippen molar-refractivity contribution in [3.8, 4) is 11.5 Å². The van der Waals surface area contributed by atoms with Crippen LogP contribution in [0.2, 0.25) is 0 Å². The van der Waals surface area contributed by atoms with E-state index in [4.69, 9.17) is 9.47 Å². The normalized spacial score (nSPS) is 14.3. The van der Waals surface area contributed by atoms with Crippen molar-refractivity contribution >= 4 is 27.8 Å². The topological polar surface area (TPSA) is 35.5 Å². The van der Waals surface area contributed by atoms with Gasteiger partial charge in [-0.15, -0.1) is 0 Å². The lowest BCUT2D eigenvalue weighted by Gasteiger charge is -2.19. The quantitative estimate of drug-likeness (QED) is 0.805. The minimum Gasteiger partial charge on any atom is -0.493 e. The van der Waals surface area contributed by atoms with Crippen molar-refractivity contribution in [2.75, 3.05) is 14.2 Å². The number of hydrogen-bond donors (Lipinski definition) is 0. The Balaban J connectivity index is 2.62. The number of methoxy groups -OCH3 is 2. The van der Waals surface area contributed by atoms with Crippen molar-refractivity contribution in [2.24, 2.45) is 0 Å². The number of aryl methyl sites for hydroxylation is 1. The van der Waals surface area contributed by atoms with Gasteiger partial charge in [0.1, 0.15) is 0 Å². The smallest absolute Gasteiger partial charge is 0.161 e. The van der Waals surface area contributed by atoms with E-state index in [1.165, 1.54) is 0 Å². The van der Waals surface area contributed by atoms with E-state index in [2.05, 4.69) is 15.9 Å². The van der Waals surface area contributed by atoms with Gasteiger partial charge in [-0.05, 0) is 36.1 Å². The highest BCUT2D eigenvalue weighted by atomic mass is 79.9. The maximum absolute atomic E-state index is 11.1. The summed E-state index contributed by atoms with van der Waals surface area (Å²) >= 11 is 3.44. The summed E-state index contributed by atoms with van der Waals surface area (Å²) < 4.78 is 11.5. The van der Waals surface area contributed by atoms with Gasteiger partial charge in [0.05, 0.1) is 14.2 Å². The Bertz CT molecular complexity index is 492. The van der Waals surface area contributed by atoms with E-state index in [0.29, 0.717) is 17.1 Å². The number of fused-ring (bicyclic) bond motifs is 1. The summed E-state index contributed by atoms with van der Waals surface area (Å²) in [4.78, 5) is 11.1. The number of benzene rings is 1. The summed E-state index contributed by atoms with van der Waals surface area (Å²) in [6, 6.07) is 3.80. The second-order valence-corrected chi connectivity index (χ2v) is 4.76. The third-order valence-corrected chi connectivity index (χ3v) is 3.75. The molecule has 1 aliphatic carbocycles. The Kier molecular flexibility index (Phi) is 3.52. The first-order valence-electron chi connectivity index (χ1n) is 5.30. The van der Waals surface area contributed by atoms with Crippen molar-refractivity contribution in [3.63, 3.8) is 0 Å². The highest BCUT2D eigenvalue weighted by Crippen LogP contribution is 2.39. The van der Waals surface area contributed by atoms with Crippen LogP contribution in [0.3, 0.4) is 0 Å². The second kappa shape index (κ2) is 4.92. The molecule has 0 amide bonds. The van der Waals surface area contributed by atoms with Crippen LogP contribution in [-0.2, 0) is 11.2 Å². The molecule has 1 aliphatic rings. The van der Waals surface area contributed by atoms with Gasteiger partial charge in [-0.3, -0.25) is 4.79 Å². The number of carbonyl (C=O) groups excluding carboxylic acids is 1. The van der Waals surface area contributed by atoms with E-state index in [1.807, 2.05) is 12.1 Å². The summed E-state index contributed by atoms with van der Waals surface area (Å²) in [6.45, 7) is 0. The molecule has 90 valence electrons. The Hall–Kier alpha value is -1.29. The molecule has 0 atom stereocenters. The molecule has 1 aromatic rings. The molecule has 3 nitrogen and oxygen atoms in total. The zero-order chi connectivity index (χ0) is 12.4. The van der Waals surface area contributed by atoms with Crippen molar-refractivity contribution in [2.45, 2.75) is 12.8 Å². The fourth-order valence-electron chi connectivity index (χ4n) is 2.03. The van der Waals surface area contributed by atoms with Crippen LogP contribution in [0.1, 0.15) is 17.5 Å². The molecule has 0 aliphatic heterocycles. The predicted molar refractivity (Wildman–Crippen MR) is 69.8 cm³/mol. The van der Waals surface area contributed by atoms with Crippen molar-refractivity contribution < 1.29 is 14.3 Å². The van der Waals surface area contributed by atoms with Crippen molar-refractivity contribution in [1.29, 1.82) is 0 Å². The van der Waals surface area contributed by atoms with Crippen LogP contribution in [0.25, 0.3) is 5.57 Å². The van der Waals surface area contributed by atoms with Gasteiger partial charge in [0.25, 0.3) is 0 Å². The van der Waals surface area contributed by atoms with Gasteiger partial charge in [0.15, 0.2) is 17.8 Å². The predicted octanol–water partition coefficient (Wildman–Crippen LogP) is 2.95. The minimum atomic E-state index is 0.646. The first kappa shape index (κ1) is 12.2. The molecule has 0 N–H and O–H groups in total. The molecule has 0 saturated carbocycles. The summed E-state index contributed by atoms with van der Waals surface area (Å²) in [5.74, 6) is 1.35. The standard InChI is InChI=1S/C13H13BrO3/c1-16-12-5-8-3-4-11(14)10(7-15)9(8)6-13(12)17-2/h5-7H,3-4H2,1-2H3. The van der Waals surface area contributed by atoms with Gasteiger partial charge < -0.3 is 9.47 Å². The molecule has 0 saturated heterocycles. The SMILES string of the molecule is COc1cc2c(cc1OC)C(C=O)=C(Br)CC2. The van der Waals surface area contributed by atoms with Gasteiger partial charge in [0, 0.05) is 10.1 Å². The lowest BCUT2D eigenvalue weighted by Crippen LogP contribution is -2.05. The molecule has 2 rings (SSSR count). The second-order valence-electron chi connectivity index (χ2n) is 3.80. The Labute approximate surface area is 109 Å². The minimum absolute atomic E-state index is 0.646. The lowest BCUT2D eigenvalue weighted by molar-refractivity contribution is -0.103. The molecule has 0 radical (unpaired) electrons. The van der Waals surface area contributed by atoms with Gasteiger partial charge in [-0.1, -0.05) is 15.9 Å². The molecule has 4 heteroatoms. The Morgan fingerprint density at radius 2 is 1.82 bits per heavy atom. The summed E-state index contributed by atoms with van der Waals surface area (Å²) in [6.07, 6.45) is 2.62. The van der Waals surface area contributed by atoms with Gasteiger partial charge in [0.2, 0.25) is 0 Å². The Morgan fingerprint density at radius 3 is 2.41 bits per heavy atom. The van der Waals surface area contributed by atoms with Crippen LogP contribution < -0.4 is 9.47 Å². The lowest BCUT2D eigenvalue weighted by atomic mass is 9.91. The van der Waals surface area contributed by atoms with Crippen molar-refractivity contribution in [3.05, 3.63) is 27.7 Å². The molecular weight excluding hydrogens is 284 g/mol. The zero-order valence-corrected chi connectivity index (χ0v) is 11.3. The van der Waals surface area contributed by atoms with E-state index in [0.717, 1.165) is 34.7 Å². The number of hydrogen-bond acceptors (Lipinski definition) is 3.